The summed E-state index contributed by atoms with van der Waals surface area (Å²) in [6.45, 7) is 9.36. The summed E-state index contributed by atoms with van der Waals surface area (Å²) in [5.41, 5.74) is 2.52. The highest BCUT2D eigenvalue weighted by atomic mass is 16.5. The van der Waals surface area contributed by atoms with Crippen molar-refractivity contribution < 1.29 is 14.3 Å². The van der Waals surface area contributed by atoms with E-state index in [1.165, 1.54) is 0 Å². The molecule has 0 aliphatic carbocycles. The molecule has 1 saturated heterocycles. The molecule has 24 heavy (non-hydrogen) atoms. The lowest BCUT2D eigenvalue weighted by atomic mass is 9.99. The molecule has 0 saturated carbocycles. The van der Waals surface area contributed by atoms with Gasteiger partial charge in [0.15, 0.2) is 5.69 Å². The predicted molar refractivity (Wildman–Crippen MR) is 90.1 cm³/mol. The van der Waals surface area contributed by atoms with Gasteiger partial charge in [0.05, 0.1) is 31.1 Å². The Morgan fingerprint density at radius 1 is 1.38 bits per heavy atom. The Labute approximate surface area is 143 Å². The second kappa shape index (κ2) is 7.63. The summed E-state index contributed by atoms with van der Waals surface area (Å²) in [7, 11) is 1.86. The number of hydrogen-bond donors (Lipinski definition) is 1. The van der Waals surface area contributed by atoms with E-state index in [9.17, 15) is 4.79 Å². The lowest BCUT2D eigenvalue weighted by molar-refractivity contribution is -0.00701. The number of amides is 1. The molecule has 1 aromatic heterocycles. The summed E-state index contributed by atoms with van der Waals surface area (Å²) in [6, 6.07) is 0. The zero-order chi connectivity index (χ0) is 17.1. The molecule has 0 spiro atoms. The van der Waals surface area contributed by atoms with Gasteiger partial charge in [-0.2, -0.15) is 5.10 Å². The third-order valence-corrected chi connectivity index (χ3v) is 4.85. The van der Waals surface area contributed by atoms with Gasteiger partial charge < -0.3 is 14.4 Å². The molecule has 2 aliphatic heterocycles. The molecule has 0 aromatic carbocycles. The summed E-state index contributed by atoms with van der Waals surface area (Å²) >= 11 is 0. The van der Waals surface area contributed by atoms with E-state index >= 15 is 0 Å². The number of nitrogens with one attached hydrogen (secondary N) is 1. The second-order valence-electron chi connectivity index (χ2n) is 6.79. The van der Waals surface area contributed by atoms with E-state index in [0.29, 0.717) is 5.69 Å². The first-order chi connectivity index (χ1) is 11.6. The Morgan fingerprint density at radius 2 is 2.12 bits per heavy atom. The topological polar surface area (TPSA) is 70.7 Å². The Morgan fingerprint density at radius 3 is 2.88 bits per heavy atom. The summed E-state index contributed by atoms with van der Waals surface area (Å²) in [4.78, 5) is 16.9. The van der Waals surface area contributed by atoms with Crippen LogP contribution in [0.3, 0.4) is 0 Å². The molecule has 1 amide bonds. The zero-order valence-corrected chi connectivity index (χ0v) is 14.9. The quantitative estimate of drug-likeness (QED) is 0.876. The van der Waals surface area contributed by atoms with Gasteiger partial charge in [-0.05, 0) is 20.3 Å². The Hall–Kier alpha value is -1.44. The average molecular weight is 336 g/mol. The van der Waals surface area contributed by atoms with Gasteiger partial charge in [0.1, 0.15) is 0 Å². The van der Waals surface area contributed by atoms with Crippen molar-refractivity contribution in [3.63, 3.8) is 0 Å². The maximum absolute atomic E-state index is 12.7. The molecule has 0 unspecified atom stereocenters. The molecule has 3 heterocycles. The van der Waals surface area contributed by atoms with Gasteiger partial charge in [-0.15, -0.1) is 0 Å². The number of ether oxygens (including phenoxy) is 2. The molecule has 7 heteroatoms. The van der Waals surface area contributed by atoms with E-state index < -0.39 is 0 Å². The highest BCUT2D eigenvalue weighted by Gasteiger charge is 2.30. The van der Waals surface area contributed by atoms with E-state index in [1.807, 2.05) is 20.9 Å². The van der Waals surface area contributed by atoms with Crippen LogP contribution in [-0.2, 0) is 15.9 Å². The SMILES string of the molecule is C[C@@H]1Cc2c(C(=O)N(C)CCCN3CCOCC3)n[nH]c2[C@H](C)O1. The number of aromatic amines is 1. The molecule has 0 radical (unpaired) electrons. The number of carbonyl (C=O) groups excluding carboxylic acids is 1. The van der Waals surface area contributed by atoms with Gasteiger partial charge in [-0.25, -0.2) is 0 Å². The maximum Gasteiger partial charge on any atom is 0.274 e. The Kier molecular flexibility index (Phi) is 5.53. The van der Waals surface area contributed by atoms with Crippen LogP contribution in [0.5, 0.6) is 0 Å². The van der Waals surface area contributed by atoms with Crippen LogP contribution in [0.1, 0.15) is 48.1 Å². The van der Waals surface area contributed by atoms with Gasteiger partial charge in [0.25, 0.3) is 5.91 Å². The van der Waals surface area contributed by atoms with Crippen molar-refractivity contribution in [1.82, 2.24) is 20.0 Å². The van der Waals surface area contributed by atoms with Crippen molar-refractivity contribution in [2.75, 3.05) is 46.4 Å². The predicted octanol–water partition coefficient (Wildman–Crippen LogP) is 1.23. The zero-order valence-electron chi connectivity index (χ0n) is 14.9. The summed E-state index contributed by atoms with van der Waals surface area (Å²) in [6.07, 6.45) is 1.77. The van der Waals surface area contributed by atoms with Crippen LogP contribution in [0.4, 0.5) is 0 Å². The van der Waals surface area contributed by atoms with Crippen LogP contribution >= 0.6 is 0 Å². The largest absolute Gasteiger partial charge is 0.379 e. The minimum atomic E-state index is -0.0376. The number of aromatic nitrogens is 2. The van der Waals surface area contributed by atoms with Gasteiger partial charge in [0.2, 0.25) is 0 Å². The lowest BCUT2D eigenvalue weighted by Gasteiger charge is -2.27. The van der Waals surface area contributed by atoms with Gasteiger partial charge in [-0.1, -0.05) is 0 Å². The summed E-state index contributed by atoms with van der Waals surface area (Å²) in [5, 5.41) is 7.27. The molecule has 2 atom stereocenters. The molecule has 2 aliphatic rings. The first-order valence-corrected chi connectivity index (χ1v) is 8.84. The number of nitrogens with zero attached hydrogens (tertiary/aromatic N) is 3. The van der Waals surface area contributed by atoms with Crippen LogP contribution in [0.2, 0.25) is 0 Å². The van der Waals surface area contributed by atoms with E-state index in [-0.39, 0.29) is 18.1 Å². The average Bonchev–Trinajstić information content (AvgIpc) is 2.99. The fourth-order valence-electron chi connectivity index (χ4n) is 3.49. The molecule has 1 aromatic rings. The van der Waals surface area contributed by atoms with E-state index in [0.717, 1.165) is 63.5 Å². The molecule has 3 rings (SSSR count). The highest BCUT2D eigenvalue weighted by Crippen LogP contribution is 2.30. The molecular weight excluding hydrogens is 308 g/mol. The number of fused-ring (bicyclic) bond motifs is 1. The molecule has 0 bridgehead atoms. The number of carbonyl (C=O) groups is 1. The van der Waals surface area contributed by atoms with Gasteiger partial charge >= 0.3 is 0 Å². The fraction of sp³-hybridized carbons (Fsp3) is 0.765. The third kappa shape index (κ3) is 3.79. The second-order valence-corrected chi connectivity index (χ2v) is 6.79. The minimum Gasteiger partial charge on any atom is -0.379 e. The van der Waals surface area contributed by atoms with Crippen molar-refractivity contribution in [3.8, 4) is 0 Å². The number of H-pyrrole nitrogens is 1. The van der Waals surface area contributed by atoms with Crippen molar-refractivity contribution >= 4 is 5.91 Å². The Bertz CT molecular complexity index is 568. The van der Waals surface area contributed by atoms with Crippen molar-refractivity contribution in [3.05, 3.63) is 17.0 Å². The van der Waals surface area contributed by atoms with Gasteiger partial charge in [-0.3, -0.25) is 14.8 Å². The molecule has 134 valence electrons. The van der Waals surface area contributed by atoms with Gasteiger partial charge in [0, 0.05) is 45.2 Å². The number of hydrogen-bond acceptors (Lipinski definition) is 5. The first kappa shape index (κ1) is 17.4. The van der Waals surface area contributed by atoms with Crippen LogP contribution in [0.15, 0.2) is 0 Å². The first-order valence-electron chi connectivity index (χ1n) is 8.84. The van der Waals surface area contributed by atoms with E-state index in [4.69, 9.17) is 9.47 Å². The molecule has 1 N–H and O–H groups in total. The number of morpholine rings is 1. The minimum absolute atomic E-state index is 0.00391. The Balaban J connectivity index is 1.56. The number of rotatable bonds is 5. The third-order valence-electron chi connectivity index (χ3n) is 4.85. The van der Waals surface area contributed by atoms with Crippen molar-refractivity contribution in [2.45, 2.75) is 38.9 Å². The van der Waals surface area contributed by atoms with E-state index in [2.05, 4.69) is 15.1 Å². The van der Waals surface area contributed by atoms with E-state index in [1.54, 1.807) is 4.90 Å². The summed E-state index contributed by atoms with van der Waals surface area (Å²) in [5.74, 6) is -0.00391. The molecular formula is C17H28N4O3. The van der Waals surface area contributed by atoms with Crippen LogP contribution < -0.4 is 0 Å². The monoisotopic (exact) mass is 336 g/mol. The standard InChI is InChI=1S/C17H28N4O3/c1-12-11-14-15(13(2)24-12)18-19-16(14)17(22)20(3)5-4-6-21-7-9-23-10-8-21/h12-13H,4-11H2,1-3H3,(H,18,19)/t12-,13+/m1/s1. The maximum atomic E-state index is 12.7. The van der Waals surface area contributed by atoms with Crippen molar-refractivity contribution in [2.24, 2.45) is 0 Å². The van der Waals surface area contributed by atoms with Crippen LogP contribution in [0, 0.1) is 0 Å². The lowest BCUT2D eigenvalue weighted by Crippen LogP contribution is -2.38. The normalized spacial score (nSPS) is 24.6. The fourth-order valence-corrected chi connectivity index (χ4v) is 3.49. The van der Waals surface area contributed by atoms with Crippen LogP contribution in [-0.4, -0.2) is 78.4 Å². The molecule has 7 nitrogen and oxygen atoms in total. The van der Waals surface area contributed by atoms with Crippen LogP contribution in [0.25, 0.3) is 0 Å². The highest BCUT2D eigenvalue weighted by molar-refractivity contribution is 5.94. The summed E-state index contributed by atoms with van der Waals surface area (Å²) < 4.78 is 11.1. The van der Waals surface area contributed by atoms with Crippen molar-refractivity contribution in [1.29, 1.82) is 0 Å². The molecule has 1 fully saturated rings. The smallest absolute Gasteiger partial charge is 0.274 e.